The van der Waals surface area contributed by atoms with Crippen LogP contribution in [0.2, 0.25) is 0 Å². The lowest BCUT2D eigenvalue weighted by molar-refractivity contribution is -0.115. The number of hydrogen-bond acceptors (Lipinski definition) is 1. The minimum atomic E-state index is -0.304. The van der Waals surface area contributed by atoms with Crippen LogP contribution in [0.25, 0.3) is 10.9 Å². The number of anilines is 1. The third kappa shape index (κ3) is 3.81. The van der Waals surface area contributed by atoms with E-state index in [-0.39, 0.29) is 18.1 Å². The molecule has 0 spiro atoms. The Morgan fingerprint density at radius 3 is 2.57 bits per heavy atom. The smallest absolute Gasteiger partial charge is 0.228 e. The minimum Gasteiger partial charge on any atom is -0.358 e. The first-order chi connectivity index (χ1) is 13.6. The lowest BCUT2D eigenvalue weighted by Gasteiger charge is -2.11. The summed E-state index contributed by atoms with van der Waals surface area (Å²) in [6.07, 6.45) is 0.934. The molecule has 0 aliphatic rings. The van der Waals surface area contributed by atoms with Gasteiger partial charge < -0.3 is 10.3 Å². The van der Waals surface area contributed by atoms with E-state index in [4.69, 9.17) is 0 Å². The first-order valence-electron chi connectivity index (χ1n) is 9.28. The molecule has 1 amide bonds. The molecule has 0 radical (unpaired) electrons. The summed E-state index contributed by atoms with van der Waals surface area (Å²) in [5, 5.41) is 3.78. The zero-order valence-corrected chi connectivity index (χ0v) is 15.6. The Balaban J connectivity index is 1.55. The van der Waals surface area contributed by atoms with Gasteiger partial charge in [-0.1, -0.05) is 48.5 Å². The van der Waals surface area contributed by atoms with Crippen molar-refractivity contribution in [3.8, 4) is 0 Å². The first kappa shape index (κ1) is 18.0. The standard InChI is InChI=1S/C24H21FN2O/c1-16-20(21-14-19(25)11-12-23(21)26-16)15-24(28)27-22-10-6-5-9-18(22)13-17-7-3-2-4-8-17/h2-12,14,26H,13,15H2,1H3,(H,27,28). The van der Waals surface area contributed by atoms with Crippen LogP contribution in [0.1, 0.15) is 22.4 Å². The van der Waals surface area contributed by atoms with Gasteiger partial charge in [0, 0.05) is 22.3 Å². The third-order valence-corrected chi connectivity index (χ3v) is 4.95. The van der Waals surface area contributed by atoms with Gasteiger partial charge >= 0.3 is 0 Å². The van der Waals surface area contributed by atoms with Gasteiger partial charge in [-0.2, -0.15) is 0 Å². The van der Waals surface area contributed by atoms with Crippen molar-refractivity contribution in [2.75, 3.05) is 5.32 Å². The number of benzene rings is 3. The number of nitrogens with one attached hydrogen (secondary N) is 2. The maximum atomic E-state index is 13.7. The van der Waals surface area contributed by atoms with Crippen LogP contribution < -0.4 is 5.32 Å². The van der Waals surface area contributed by atoms with Gasteiger partial charge in [0.05, 0.1) is 6.42 Å². The summed E-state index contributed by atoms with van der Waals surface area (Å²) in [7, 11) is 0. The summed E-state index contributed by atoms with van der Waals surface area (Å²) in [5.74, 6) is -0.421. The van der Waals surface area contributed by atoms with Crippen molar-refractivity contribution in [1.82, 2.24) is 4.98 Å². The highest BCUT2D eigenvalue weighted by Gasteiger charge is 2.14. The van der Waals surface area contributed by atoms with Crippen molar-refractivity contribution in [2.45, 2.75) is 19.8 Å². The topological polar surface area (TPSA) is 44.9 Å². The second-order valence-electron chi connectivity index (χ2n) is 6.96. The van der Waals surface area contributed by atoms with Crippen LogP contribution in [-0.2, 0) is 17.6 Å². The number of carbonyl (C=O) groups excluding carboxylic acids is 1. The Hall–Kier alpha value is -3.40. The number of aromatic amines is 1. The molecule has 0 atom stereocenters. The van der Waals surface area contributed by atoms with Crippen molar-refractivity contribution >= 4 is 22.5 Å². The zero-order chi connectivity index (χ0) is 19.5. The fraction of sp³-hybridized carbons (Fsp3) is 0.125. The molecular formula is C24H21FN2O. The van der Waals surface area contributed by atoms with Gasteiger partial charge in [0.15, 0.2) is 0 Å². The van der Waals surface area contributed by atoms with Crippen LogP contribution in [-0.4, -0.2) is 10.9 Å². The monoisotopic (exact) mass is 372 g/mol. The van der Waals surface area contributed by atoms with Gasteiger partial charge in [-0.15, -0.1) is 0 Å². The number of rotatable bonds is 5. The number of H-pyrrole nitrogens is 1. The fourth-order valence-electron chi connectivity index (χ4n) is 3.55. The SMILES string of the molecule is Cc1[nH]c2ccc(F)cc2c1CC(=O)Nc1ccccc1Cc1ccccc1. The average Bonchev–Trinajstić information content (AvgIpc) is 2.99. The second kappa shape index (κ2) is 7.69. The number of fused-ring (bicyclic) bond motifs is 1. The van der Waals surface area contributed by atoms with Gasteiger partial charge in [0.25, 0.3) is 0 Å². The molecule has 0 saturated heterocycles. The molecular weight excluding hydrogens is 351 g/mol. The first-order valence-corrected chi connectivity index (χ1v) is 9.28. The van der Waals surface area contributed by atoms with E-state index in [1.54, 1.807) is 6.07 Å². The van der Waals surface area contributed by atoms with E-state index in [0.29, 0.717) is 0 Å². The van der Waals surface area contributed by atoms with E-state index in [9.17, 15) is 9.18 Å². The summed E-state index contributed by atoms with van der Waals surface area (Å²) in [5.41, 5.74) is 5.60. The minimum absolute atomic E-state index is 0.117. The van der Waals surface area contributed by atoms with Crippen molar-refractivity contribution in [3.05, 3.63) is 101 Å². The number of aryl methyl sites for hydroxylation is 1. The molecule has 0 aliphatic carbocycles. The van der Waals surface area contributed by atoms with Crippen molar-refractivity contribution in [1.29, 1.82) is 0 Å². The quantitative estimate of drug-likeness (QED) is 0.485. The van der Waals surface area contributed by atoms with E-state index in [1.165, 1.54) is 17.7 Å². The second-order valence-corrected chi connectivity index (χ2v) is 6.96. The zero-order valence-electron chi connectivity index (χ0n) is 15.6. The number of carbonyl (C=O) groups is 1. The Kier molecular flexibility index (Phi) is 4.94. The van der Waals surface area contributed by atoms with Crippen molar-refractivity contribution in [2.24, 2.45) is 0 Å². The van der Waals surface area contributed by atoms with Gasteiger partial charge in [-0.05, 0) is 54.3 Å². The van der Waals surface area contributed by atoms with Gasteiger partial charge in [0.1, 0.15) is 5.82 Å². The summed E-state index contributed by atoms with van der Waals surface area (Å²) < 4.78 is 13.7. The maximum absolute atomic E-state index is 13.7. The normalized spacial score (nSPS) is 10.9. The molecule has 4 aromatic rings. The summed E-state index contributed by atoms with van der Waals surface area (Å²) in [6, 6.07) is 22.6. The number of halogens is 1. The molecule has 4 heteroatoms. The van der Waals surface area contributed by atoms with E-state index in [1.807, 2.05) is 49.4 Å². The lowest BCUT2D eigenvalue weighted by atomic mass is 10.0. The number of amides is 1. The van der Waals surface area contributed by atoms with E-state index in [0.717, 1.165) is 39.8 Å². The van der Waals surface area contributed by atoms with E-state index in [2.05, 4.69) is 22.4 Å². The average molecular weight is 372 g/mol. The van der Waals surface area contributed by atoms with Crippen LogP contribution in [0.5, 0.6) is 0 Å². The van der Waals surface area contributed by atoms with Gasteiger partial charge in [0.2, 0.25) is 5.91 Å². The van der Waals surface area contributed by atoms with Crippen LogP contribution in [0.4, 0.5) is 10.1 Å². The van der Waals surface area contributed by atoms with Gasteiger partial charge in [-0.3, -0.25) is 4.79 Å². The van der Waals surface area contributed by atoms with Crippen LogP contribution in [0.15, 0.2) is 72.8 Å². The lowest BCUT2D eigenvalue weighted by Crippen LogP contribution is -2.16. The molecule has 0 aliphatic heterocycles. The van der Waals surface area contributed by atoms with Crippen LogP contribution in [0.3, 0.4) is 0 Å². The number of aromatic nitrogens is 1. The molecule has 1 heterocycles. The highest BCUT2D eigenvalue weighted by atomic mass is 19.1. The third-order valence-electron chi connectivity index (χ3n) is 4.95. The molecule has 28 heavy (non-hydrogen) atoms. The van der Waals surface area contributed by atoms with Crippen LogP contribution >= 0.6 is 0 Å². The summed E-state index contributed by atoms with van der Waals surface area (Å²) in [6.45, 7) is 1.91. The Morgan fingerprint density at radius 2 is 1.75 bits per heavy atom. The Labute approximate surface area is 163 Å². The predicted octanol–water partition coefficient (Wildman–Crippen LogP) is 5.39. The largest absolute Gasteiger partial charge is 0.358 e. The maximum Gasteiger partial charge on any atom is 0.228 e. The molecule has 140 valence electrons. The molecule has 2 N–H and O–H groups in total. The van der Waals surface area contributed by atoms with Gasteiger partial charge in [-0.25, -0.2) is 4.39 Å². The molecule has 4 rings (SSSR count). The molecule has 0 saturated carbocycles. The highest BCUT2D eigenvalue weighted by Crippen LogP contribution is 2.25. The predicted molar refractivity (Wildman–Crippen MR) is 111 cm³/mol. The molecule has 0 fully saturated rings. The Morgan fingerprint density at radius 1 is 1.00 bits per heavy atom. The Bertz CT molecular complexity index is 1130. The van der Waals surface area contributed by atoms with Crippen molar-refractivity contribution < 1.29 is 9.18 Å². The molecule has 0 unspecified atom stereocenters. The summed E-state index contributed by atoms with van der Waals surface area (Å²) >= 11 is 0. The molecule has 3 nitrogen and oxygen atoms in total. The highest BCUT2D eigenvalue weighted by molar-refractivity contribution is 5.96. The van der Waals surface area contributed by atoms with Crippen LogP contribution in [0, 0.1) is 12.7 Å². The molecule has 3 aromatic carbocycles. The number of para-hydroxylation sites is 1. The molecule has 1 aromatic heterocycles. The molecule has 0 bridgehead atoms. The summed E-state index contributed by atoms with van der Waals surface area (Å²) in [4.78, 5) is 16.0. The van der Waals surface area contributed by atoms with E-state index < -0.39 is 0 Å². The van der Waals surface area contributed by atoms with Crippen molar-refractivity contribution in [3.63, 3.8) is 0 Å². The number of hydrogen-bond donors (Lipinski definition) is 2. The van der Waals surface area contributed by atoms with E-state index >= 15 is 0 Å². The fourth-order valence-corrected chi connectivity index (χ4v) is 3.55.